The Morgan fingerprint density at radius 3 is 2.49 bits per heavy atom. The molecule has 3 heterocycles. The van der Waals surface area contributed by atoms with E-state index in [0.717, 1.165) is 24.8 Å². The largest absolute Gasteiger partial charge is 0.330 e. The number of hydrogen-bond acceptors (Lipinski definition) is 5. The Morgan fingerprint density at radius 2 is 1.78 bits per heavy atom. The number of hydrogen-bond donors (Lipinski definition) is 1. The number of carbonyl (C=O) groups excluding carboxylic acids is 4. The van der Waals surface area contributed by atoms with E-state index in [2.05, 4.69) is 24.1 Å². The van der Waals surface area contributed by atoms with E-state index in [0.29, 0.717) is 13.1 Å². The number of rotatable bonds is 6. The summed E-state index contributed by atoms with van der Waals surface area (Å²) in [7, 11) is 0. The van der Waals surface area contributed by atoms with Crippen molar-refractivity contribution < 1.29 is 32.3 Å². The maximum atomic E-state index is 15.8. The molecule has 4 amide bonds. The first-order chi connectivity index (χ1) is 21.5. The summed E-state index contributed by atoms with van der Waals surface area (Å²) in [6.45, 7) is 5.00. The van der Waals surface area contributed by atoms with Crippen LogP contribution < -0.4 is 5.32 Å². The predicted molar refractivity (Wildman–Crippen MR) is 161 cm³/mol. The first-order valence-corrected chi connectivity index (χ1v) is 15.5. The highest BCUT2D eigenvalue weighted by molar-refractivity contribution is 6.06. The van der Waals surface area contributed by atoms with Crippen molar-refractivity contribution in [2.45, 2.75) is 64.6 Å². The number of piperidine rings is 1. The van der Waals surface area contributed by atoms with Crippen LogP contribution >= 0.6 is 0 Å². The van der Waals surface area contributed by atoms with Gasteiger partial charge in [0, 0.05) is 43.7 Å². The number of amides is 4. The van der Waals surface area contributed by atoms with E-state index < -0.39 is 48.2 Å². The molecule has 2 aromatic rings. The Labute approximate surface area is 260 Å². The van der Waals surface area contributed by atoms with Crippen LogP contribution in [0.3, 0.4) is 0 Å². The van der Waals surface area contributed by atoms with Gasteiger partial charge < -0.3 is 9.80 Å². The van der Waals surface area contributed by atoms with Crippen molar-refractivity contribution in [3.8, 4) is 0 Å². The monoisotopic (exact) mass is 622 g/mol. The van der Waals surface area contributed by atoms with Crippen molar-refractivity contribution in [2.24, 2.45) is 5.41 Å². The first-order valence-electron chi connectivity index (χ1n) is 15.5. The molecular formula is C34H37F3N4O4. The Bertz CT molecular complexity index is 1590. The third kappa shape index (κ3) is 6.02. The quantitative estimate of drug-likeness (QED) is 0.480. The molecule has 0 saturated carbocycles. The van der Waals surface area contributed by atoms with Crippen LogP contribution in [0.25, 0.3) is 5.57 Å². The standard InChI is InChI=1S/C34H37F3N4O4/c1-34(2)12-11-21(26(15-34)20-3-5-22(36)6-4-20)17-39-13-14-40(23(16-35)18-39)33(45)25-8-7-24-27(30(25)37)19-41(32(24)44)28-9-10-29(42)38-31(28)43/h3-8,23,28H,9-19H2,1-2H3,(H,38,42,43). The number of nitrogens with zero attached hydrogens (tertiary/aromatic N) is 3. The minimum absolute atomic E-state index is 0.0199. The van der Waals surface area contributed by atoms with Crippen molar-refractivity contribution in [1.82, 2.24) is 20.0 Å². The molecule has 1 N–H and O–H groups in total. The summed E-state index contributed by atoms with van der Waals surface area (Å²) in [6, 6.07) is 7.49. The summed E-state index contributed by atoms with van der Waals surface area (Å²) in [5, 5.41) is 2.22. The molecule has 2 aromatic carbocycles. The van der Waals surface area contributed by atoms with E-state index in [1.807, 2.05) is 0 Å². The van der Waals surface area contributed by atoms with Gasteiger partial charge in [0.25, 0.3) is 11.8 Å². The third-order valence-electron chi connectivity index (χ3n) is 9.68. The maximum Gasteiger partial charge on any atom is 0.257 e. The zero-order chi connectivity index (χ0) is 32.0. The van der Waals surface area contributed by atoms with E-state index >= 15 is 4.39 Å². The highest BCUT2D eigenvalue weighted by atomic mass is 19.1. The second kappa shape index (κ2) is 12.1. The van der Waals surface area contributed by atoms with Crippen molar-refractivity contribution in [1.29, 1.82) is 0 Å². The Hall–Kier alpha value is -3.99. The van der Waals surface area contributed by atoms with Crippen molar-refractivity contribution >= 4 is 29.2 Å². The second-order valence-corrected chi connectivity index (χ2v) is 13.3. The fourth-order valence-corrected chi connectivity index (χ4v) is 7.12. The first kappa shape index (κ1) is 31.0. The maximum absolute atomic E-state index is 15.8. The third-order valence-corrected chi connectivity index (χ3v) is 9.68. The average molecular weight is 623 g/mol. The van der Waals surface area contributed by atoms with Gasteiger partial charge in [0.2, 0.25) is 11.8 Å². The minimum Gasteiger partial charge on any atom is -0.330 e. The molecule has 1 aliphatic carbocycles. The van der Waals surface area contributed by atoms with E-state index in [1.165, 1.54) is 45.2 Å². The number of halogens is 3. The molecule has 6 rings (SSSR count). The molecule has 45 heavy (non-hydrogen) atoms. The number of piperazine rings is 1. The lowest BCUT2D eigenvalue weighted by atomic mass is 9.72. The zero-order valence-corrected chi connectivity index (χ0v) is 25.5. The smallest absolute Gasteiger partial charge is 0.257 e. The molecule has 2 atom stereocenters. The summed E-state index contributed by atoms with van der Waals surface area (Å²) in [6.07, 6.45) is 2.93. The summed E-state index contributed by atoms with van der Waals surface area (Å²) < 4.78 is 44.0. The van der Waals surface area contributed by atoms with Gasteiger partial charge in [-0.2, -0.15) is 0 Å². The molecular weight excluding hydrogens is 585 g/mol. The van der Waals surface area contributed by atoms with E-state index in [1.54, 1.807) is 12.1 Å². The fraction of sp³-hybridized carbons (Fsp3) is 0.471. The lowest BCUT2D eigenvalue weighted by molar-refractivity contribution is -0.136. The molecule has 3 aliphatic heterocycles. The minimum atomic E-state index is -0.904. The van der Waals surface area contributed by atoms with Crippen LogP contribution in [0.2, 0.25) is 0 Å². The van der Waals surface area contributed by atoms with Crippen LogP contribution in [0.4, 0.5) is 13.2 Å². The van der Waals surface area contributed by atoms with E-state index in [9.17, 15) is 28.0 Å². The van der Waals surface area contributed by atoms with Gasteiger partial charge in [0.1, 0.15) is 24.4 Å². The number of allylic oxidation sites excluding steroid dienone is 1. The summed E-state index contributed by atoms with van der Waals surface area (Å²) in [5.41, 5.74) is 3.35. The molecule has 11 heteroatoms. The number of nitrogens with one attached hydrogen (secondary N) is 1. The molecule has 2 saturated heterocycles. The average Bonchev–Trinajstić information content (AvgIpc) is 3.34. The zero-order valence-electron chi connectivity index (χ0n) is 25.5. The van der Waals surface area contributed by atoms with Crippen LogP contribution in [0.1, 0.15) is 77.8 Å². The number of benzene rings is 2. The van der Waals surface area contributed by atoms with Crippen LogP contribution in [0.15, 0.2) is 42.0 Å². The summed E-state index contributed by atoms with van der Waals surface area (Å²) in [4.78, 5) is 55.3. The molecule has 0 spiro atoms. The highest BCUT2D eigenvalue weighted by Crippen LogP contribution is 2.43. The second-order valence-electron chi connectivity index (χ2n) is 13.3. The van der Waals surface area contributed by atoms with Gasteiger partial charge in [0.15, 0.2) is 0 Å². The molecule has 2 unspecified atom stereocenters. The lowest BCUT2D eigenvalue weighted by Gasteiger charge is -2.42. The number of imide groups is 1. The van der Waals surface area contributed by atoms with E-state index in [-0.39, 0.29) is 60.4 Å². The topological polar surface area (TPSA) is 90.0 Å². The van der Waals surface area contributed by atoms with Gasteiger partial charge in [-0.1, -0.05) is 31.6 Å². The van der Waals surface area contributed by atoms with Gasteiger partial charge >= 0.3 is 0 Å². The van der Waals surface area contributed by atoms with Crippen LogP contribution in [0, 0.1) is 17.0 Å². The van der Waals surface area contributed by atoms with Crippen LogP contribution in [0.5, 0.6) is 0 Å². The SMILES string of the molecule is CC1(C)CCC(CN2CCN(C(=O)c3ccc4c(c3F)CN(C3CCC(=O)NC3=O)C4=O)C(CF)C2)=C(c2ccc(F)cc2)C1. The Balaban J connectivity index is 1.17. The molecule has 2 fully saturated rings. The summed E-state index contributed by atoms with van der Waals surface area (Å²) >= 11 is 0. The predicted octanol–water partition coefficient (Wildman–Crippen LogP) is 4.49. The Kier molecular flexibility index (Phi) is 8.32. The molecule has 0 bridgehead atoms. The van der Waals surface area contributed by atoms with Crippen LogP contribution in [-0.4, -0.2) is 83.3 Å². The number of carbonyl (C=O) groups is 4. The lowest BCUT2D eigenvalue weighted by Crippen LogP contribution is -2.56. The number of alkyl halides is 1. The highest BCUT2D eigenvalue weighted by Gasteiger charge is 2.42. The molecule has 0 aromatic heterocycles. The normalized spacial score (nSPS) is 23.8. The van der Waals surface area contributed by atoms with Crippen molar-refractivity contribution in [3.05, 3.63) is 75.9 Å². The van der Waals surface area contributed by atoms with Crippen LogP contribution in [-0.2, 0) is 16.1 Å². The molecule has 8 nitrogen and oxygen atoms in total. The van der Waals surface area contributed by atoms with Gasteiger partial charge in [-0.15, -0.1) is 0 Å². The van der Waals surface area contributed by atoms with E-state index in [4.69, 9.17) is 0 Å². The molecule has 238 valence electrons. The molecule has 4 aliphatic rings. The van der Waals surface area contributed by atoms with Gasteiger partial charge in [-0.25, -0.2) is 13.2 Å². The fourth-order valence-electron chi connectivity index (χ4n) is 7.12. The number of fused-ring (bicyclic) bond motifs is 1. The van der Waals surface area contributed by atoms with Crippen molar-refractivity contribution in [2.75, 3.05) is 32.9 Å². The Morgan fingerprint density at radius 1 is 1.02 bits per heavy atom. The van der Waals surface area contributed by atoms with Gasteiger partial charge in [-0.05, 0) is 66.5 Å². The van der Waals surface area contributed by atoms with Gasteiger partial charge in [-0.3, -0.25) is 29.4 Å². The van der Waals surface area contributed by atoms with Crippen molar-refractivity contribution in [3.63, 3.8) is 0 Å². The van der Waals surface area contributed by atoms with Gasteiger partial charge in [0.05, 0.1) is 18.2 Å². The molecule has 0 radical (unpaired) electrons. The summed E-state index contributed by atoms with van der Waals surface area (Å²) in [5.74, 6) is -3.34.